The Morgan fingerprint density at radius 2 is 2.00 bits per heavy atom. The molecule has 1 unspecified atom stereocenters. The first-order chi connectivity index (χ1) is 9.01. The van der Waals surface area contributed by atoms with Crippen LogP contribution in [0.4, 0.5) is 5.69 Å². The van der Waals surface area contributed by atoms with Gasteiger partial charge in [-0.1, -0.05) is 0 Å². The average Bonchev–Trinajstić information content (AvgIpc) is 2.34. The molecule has 0 bridgehead atoms. The fourth-order valence-electron chi connectivity index (χ4n) is 2.15. The summed E-state index contributed by atoms with van der Waals surface area (Å²) in [5, 5.41) is 3.34. The first-order valence-electron chi connectivity index (χ1n) is 6.21. The highest BCUT2D eigenvalue weighted by Gasteiger charge is 2.14. The molecule has 108 valence electrons. The Bertz CT molecular complexity index is 460. The maximum atomic E-state index is 11.5. The van der Waals surface area contributed by atoms with Crippen LogP contribution in [0.2, 0.25) is 0 Å². The normalized spacial score (nSPS) is 12.3. The summed E-state index contributed by atoms with van der Waals surface area (Å²) < 4.78 is 22.0. The van der Waals surface area contributed by atoms with Gasteiger partial charge in [0, 0.05) is 36.4 Å². The SMILES string of the molecule is COCCNc1cc(C)c(OC)c(C)c1CS(C)=O. The number of hydrogen-bond donors (Lipinski definition) is 1. The van der Waals surface area contributed by atoms with E-state index >= 15 is 0 Å². The van der Waals surface area contributed by atoms with Crippen molar-refractivity contribution in [3.8, 4) is 5.75 Å². The van der Waals surface area contributed by atoms with Crippen LogP contribution in [0.3, 0.4) is 0 Å². The maximum absolute atomic E-state index is 11.5. The van der Waals surface area contributed by atoms with Crippen molar-refractivity contribution in [3.63, 3.8) is 0 Å². The molecular formula is C14H23NO3S. The highest BCUT2D eigenvalue weighted by Crippen LogP contribution is 2.32. The minimum atomic E-state index is -0.888. The van der Waals surface area contributed by atoms with Gasteiger partial charge >= 0.3 is 0 Å². The first-order valence-corrected chi connectivity index (χ1v) is 7.93. The monoisotopic (exact) mass is 285 g/mol. The van der Waals surface area contributed by atoms with E-state index in [-0.39, 0.29) is 0 Å². The molecule has 0 saturated heterocycles. The van der Waals surface area contributed by atoms with E-state index in [4.69, 9.17) is 9.47 Å². The molecule has 19 heavy (non-hydrogen) atoms. The van der Waals surface area contributed by atoms with E-state index in [1.807, 2.05) is 19.9 Å². The minimum Gasteiger partial charge on any atom is -0.496 e. The molecule has 1 aromatic rings. The van der Waals surface area contributed by atoms with Crippen LogP contribution in [0, 0.1) is 13.8 Å². The largest absolute Gasteiger partial charge is 0.496 e. The lowest BCUT2D eigenvalue weighted by atomic mass is 10.0. The second-order valence-electron chi connectivity index (χ2n) is 4.51. The third kappa shape index (κ3) is 4.21. The van der Waals surface area contributed by atoms with Crippen molar-refractivity contribution in [1.82, 2.24) is 0 Å². The predicted molar refractivity (Wildman–Crippen MR) is 80.6 cm³/mol. The molecule has 0 heterocycles. The summed E-state index contributed by atoms with van der Waals surface area (Å²) in [5.74, 6) is 1.40. The zero-order valence-electron chi connectivity index (χ0n) is 12.3. The Balaban J connectivity index is 3.15. The van der Waals surface area contributed by atoms with Crippen molar-refractivity contribution in [2.24, 2.45) is 0 Å². The molecule has 1 N–H and O–H groups in total. The lowest BCUT2D eigenvalue weighted by Gasteiger charge is -2.18. The van der Waals surface area contributed by atoms with Crippen LogP contribution in [-0.4, -0.2) is 37.8 Å². The molecule has 0 fully saturated rings. The van der Waals surface area contributed by atoms with Crippen molar-refractivity contribution in [2.45, 2.75) is 19.6 Å². The number of nitrogens with one attached hydrogen (secondary N) is 1. The van der Waals surface area contributed by atoms with Gasteiger partial charge in [0.05, 0.1) is 19.5 Å². The Hall–Kier alpha value is -1.07. The Labute approximate surface area is 118 Å². The highest BCUT2D eigenvalue weighted by molar-refractivity contribution is 7.83. The Kier molecular flexibility index (Phi) is 6.31. The number of ether oxygens (including phenoxy) is 2. The summed E-state index contributed by atoms with van der Waals surface area (Å²) in [7, 11) is 2.45. The zero-order valence-corrected chi connectivity index (χ0v) is 13.1. The van der Waals surface area contributed by atoms with Crippen LogP contribution in [0.5, 0.6) is 5.75 Å². The van der Waals surface area contributed by atoms with Crippen molar-refractivity contribution in [3.05, 3.63) is 22.8 Å². The van der Waals surface area contributed by atoms with Gasteiger partial charge in [-0.3, -0.25) is 4.21 Å². The number of anilines is 1. The van der Waals surface area contributed by atoms with Gasteiger partial charge in [-0.05, 0) is 36.6 Å². The van der Waals surface area contributed by atoms with E-state index in [1.54, 1.807) is 20.5 Å². The molecule has 1 aromatic carbocycles. The maximum Gasteiger partial charge on any atom is 0.125 e. The second-order valence-corrected chi connectivity index (χ2v) is 5.95. The summed E-state index contributed by atoms with van der Waals surface area (Å²) in [4.78, 5) is 0. The zero-order chi connectivity index (χ0) is 14.4. The van der Waals surface area contributed by atoms with Crippen molar-refractivity contribution in [2.75, 3.05) is 38.9 Å². The summed E-state index contributed by atoms with van der Waals surface area (Å²) in [5.41, 5.74) is 4.20. The Morgan fingerprint density at radius 3 is 2.53 bits per heavy atom. The third-order valence-electron chi connectivity index (χ3n) is 3.01. The van der Waals surface area contributed by atoms with Gasteiger partial charge in [-0.2, -0.15) is 0 Å². The fraction of sp³-hybridized carbons (Fsp3) is 0.571. The molecule has 1 atom stereocenters. The van der Waals surface area contributed by atoms with Crippen molar-refractivity contribution in [1.29, 1.82) is 0 Å². The lowest BCUT2D eigenvalue weighted by Crippen LogP contribution is -2.12. The molecule has 0 aliphatic carbocycles. The number of benzene rings is 1. The van der Waals surface area contributed by atoms with Gasteiger partial charge in [-0.25, -0.2) is 0 Å². The molecule has 0 aliphatic heterocycles. The Morgan fingerprint density at radius 1 is 1.32 bits per heavy atom. The molecule has 0 radical (unpaired) electrons. The average molecular weight is 285 g/mol. The van der Waals surface area contributed by atoms with E-state index in [1.165, 1.54) is 0 Å². The molecule has 5 heteroatoms. The van der Waals surface area contributed by atoms with E-state index in [2.05, 4.69) is 5.32 Å². The summed E-state index contributed by atoms with van der Waals surface area (Å²) in [6, 6.07) is 2.05. The molecule has 0 aliphatic rings. The van der Waals surface area contributed by atoms with Crippen LogP contribution in [0.1, 0.15) is 16.7 Å². The molecule has 0 saturated carbocycles. The summed E-state index contributed by atoms with van der Waals surface area (Å²) in [6.07, 6.45) is 1.71. The van der Waals surface area contributed by atoms with E-state index in [0.29, 0.717) is 12.4 Å². The molecule has 0 amide bonds. The predicted octanol–water partition coefficient (Wildman–Crippen LogP) is 2.25. The van der Waals surface area contributed by atoms with Crippen LogP contribution in [0.25, 0.3) is 0 Å². The number of rotatable bonds is 7. The van der Waals surface area contributed by atoms with Crippen LogP contribution >= 0.6 is 0 Å². The standard InChI is InChI=1S/C14H23NO3S/c1-10-8-13(15-6-7-17-3)12(9-19(5)16)11(2)14(10)18-4/h8,15H,6-7,9H2,1-5H3. The molecule has 1 rings (SSSR count). The third-order valence-corrected chi connectivity index (χ3v) is 3.71. The van der Waals surface area contributed by atoms with E-state index in [0.717, 1.165) is 34.7 Å². The number of hydrogen-bond acceptors (Lipinski definition) is 4. The van der Waals surface area contributed by atoms with Crippen LogP contribution in [0.15, 0.2) is 6.07 Å². The molecule has 4 nitrogen and oxygen atoms in total. The van der Waals surface area contributed by atoms with Gasteiger partial charge < -0.3 is 14.8 Å². The minimum absolute atomic E-state index is 0.526. The van der Waals surface area contributed by atoms with Gasteiger partial charge in [-0.15, -0.1) is 0 Å². The van der Waals surface area contributed by atoms with E-state index < -0.39 is 10.8 Å². The lowest BCUT2D eigenvalue weighted by molar-refractivity contribution is 0.211. The highest BCUT2D eigenvalue weighted by atomic mass is 32.2. The van der Waals surface area contributed by atoms with E-state index in [9.17, 15) is 4.21 Å². The molecule has 0 spiro atoms. The van der Waals surface area contributed by atoms with Gasteiger partial charge in [0.2, 0.25) is 0 Å². The van der Waals surface area contributed by atoms with Crippen molar-refractivity contribution >= 4 is 16.5 Å². The summed E-state index contributed by atoms with van der Waals surface area (Å²) in [6.45, 7) is 5.39. The quantitative estimate of drug-likeness (QED) is 0.781. The number of methoxy groups -OCH3 is 2. The van der Waals surface area contributed by atoms with Crippen molar-refractivity contribution < 1.29 is 13.7 Å². The van der Waals surface area contributed by atoms with Gasteiger partial charge in [0.15, 0.2) is 0 Å². The van der Waals surface area contributed by atoms with Crippen LogP contribution in [-0.2, 0) is 21.3 Å². The number of aryl methyl sites for hydroxylation is 1. The fourth-order valence-corrected chi connectivity index (χ4v) is 2.93. The van der Waals surface area contributed by atoms with Gasteiger partial charge in [0.25, 0.3) is 0 Å². The van der Waals surface area contributed by atoms with Gasteiger partial charge in [0.1, 0.15) is 5.75 Å². The van der Waals surface area contributed by atoms with Crippen LogP contribution < -0.4 is 10.1 Å². The second kappa shape index (κ2) is 7.50. The summed E-state index contributed by atoms with van der Waals surface area (Å²) >= 11 is 0. The molecule has 0 aromatic heterocycles. The smallest absolute Gasteiger partial charge is 0.125 e. The molecular weight excluding hydrogens is 262 g/mol. The topological polar surface area (TPSA) is 47.6 Å². The first kappa shape index (κ1) is 16.0.